The zero-order valence-corrected chi connectivity index (χ0v) is 10.6. The predicted molar refractivity (Wildman–Crippen MR) is 68.1 cm³/mol. The summed E-state index contributed by atoms with van der Waals surface area (Å²) in [4.78, 5) is 8.41. The Morgan fingerprint density at radius 3 is 3.06 bits per heavy atom. The van der Waals surface area contributed by atoms with E-state index in [1.54, 1.807) is 23.6 Å². The number of halogens is 1. The van der Waals surface area contributed by atoms with E-state index in [9.17, 15) is 0 Å². The van der Waals surface area contributed by atoms with Gasteiger partial charge in [0.2, 0.25) is 0 Å². The molecule has 0 aliphatic carbocycles. The van der Waals surface area contributed by atoms with E-state index in [1.165, 1.54) is 0 Å². The van der Waals surface area contributed by atoms with Crippen LogP contribution in [0.3, 0.4) is 0 Å². The number of nitrogens with zero attached hydrogens (tertiary/aromatic N) is 3. The minimum atomic E-state index is 0.349. The van der Waals surface area contributed by atoms with Crippen LogP contribution in [-0.2, 0) is 6.54 Å². The highest BCUT2D eigenvalue weighted by molar-refractivity contribution is 7.09. The quantitative estimate of drug-likeness (QED) is 0.926. The van der Waals surface area contributed by atoms with Crippen LogP contribution in [0.4, 0.5) is 5.82 Å². The number of thiazole rings is 1. The summed E-state index contributed by atoms with van der Waals surface area (Å²) in [5.41, 5.74) is 1.35. The van der Waals surface area contributed by atoms with Crippen molar-refractivity contribution in [2.24, 2.45) is 0 Å². The number of anilines is 1. The number of pyridine rings is 1. The molecule has 1 N–H and O–H groups in total. The normalized spacial score (nSPS) is 9.94. The third kappa shape index (κ3) is 2.73. The van der Waals surface area contributed by atoms with E-state index in [1.807, 2.05) is 18.4 Å². The third-order valence-electron chi connectivity index (χ3n) is 2.11. The minimum absolute atomic E-state index is 0.349. The number of aromatic nitrogens is 2. The Hall–Kier alpha value is -1.64. The van der Waals surface area contributed by atoms with Gasteiger partial charge in [-0.2, -0.15) is 5.26 Å². The Morgan fingerprint density at radius 2 is 2.41 bits per heavy atom. The zero-order chi connectivity index (χ0) is 12.3. The fraction of sp³-hybridized carbons (Fsp3) is 0.182. The van der Waals surface area contributed by atoms with E-state index in [0.717, 1.165) is 10.7 Å². The smallest absolute Gasteiger partial charge is 0.146 e. The zero-order valence-electron chi connectivity index (χ0n) is 9.07. The van der Waals surface area contributed by atoms with Crippen LogP contribution < -0.4 is 5.32 Å². The highest BCUT2D eigenvalue weighted by Crippen LogP contribution is 2.23. The SMILES string of the molecule is Cc1nc(CNc2nccc(C#N)c2Cl)cs1. The van der Waals surface area contributed by atoms with Gasteiger partial charge >= 0.3 is 0 Å². The first-order valence-electron chi connectivity index (χ1n) is 4.90. The lowest BCUT2D eigenvalue weighted by Crippen LogP contribution is -2.03. The van der Waals surface area contributed by atoms with E-state index in [2.05, 4.69) is 15.3 Å². The molecule has 4 nitrogen and oxygen atoms in total. The van der Waals surface area contributed by atoms with E-state index in [-0.39, 0.29) is 0 Å². The van der Waals surface area contributed by atoms with Gasteiger partial charge in [0.15, 0.2) is 0 Å². The number of nitrogens with one attached hydrogen (secondary N) is 1. The van der Waals surface area contributed by atoms with Crippen molar-refractivity contribution in [2.75, 3.05) is 5.32 Å². The molecule has 6 heteroatoms. The molecule has 0 aliphatic rings. The van der Waals surface area contributed by atoms with Crippen LogP contribution in [0.1, 0.15) is 16.3 Å². The van der Waals surface area contributed by atoms with E-state index >= 15 is 0 Å². The maximum absolute atomic E-state index is 8.83. The molecule has 0 unspecified atom stereocenters. The topological polar surface area (TPSA) is 61.6 Å². The summed E-state index contributed by atoms with van der Waals surface area (Å²) in [6, 6.07) is 3.60. The average Bonchev–Trinajstić information content (AvgIpc) is 2.74. The van der Waals surface area contributed by atoms with E-state index in [4.69, 9.17) is 16.9 Å². The summed E-state index contributed by atoms with van der Waals surface area (Å²) in [7, 11) is 0. The van der Waals surface area contributed by atoms with Gasteiger partial charge in [-0.3, -0.25) is 0 Å². The molecule has 0 amide bonds. The van der Waals surface area contributed by atoms with Crippen molar-refractivity contribution in [1.29, 1.82) is 5.26 Å². The van der Waals surface area contributed by atoms with Gasteiger partial charge in [-0.1, -0.05) is 11.6 Å². The summed E-state index contributed by atoms with van der Waals surface area (Å²) >= 11 is 7.61. The van der Waals surface area contributed by atoms with Gasteiger partial charge in [0.1, 0.15) is 16.9 Å². The van der Waals surface area contributed by atoms with Crippen molar-refractivity contribution in [1.82, 2.24) is 9.97 Å². The monoisotopic (exact) mass is 264 g/mol. The van der Waals surface area contributed by atoms with Crippen LogP contribution in [0.15, 0.2) is 17.6 Å². The highest BCUT2D eigenvalue weighted by Gasteiger charge is 2.07. The summed E-state index contributed by atoms with van der Waals surface area (Å²) in [6.45, 7) is 2.50. The van der Waals surface area contributed by atoms with Gasteiger partial charge in [0.05, 0.1) is 22.8 Å². The van der Waals surface area contributed by atoms with Crippen LogP contribution in [-0.4, -0.2) is 9.97 Å². The van der Waals surface area contributed by atoms with E-state index in [0.29, 0.717) is 22.9 Å². The van der Waals surface area contributed by atoms with Crippen LogP contribution in [0.2, 0.25) is 5.02 Å². The number of hydrogen-bond acceptors (Lipinski definition) is 5. The van der Waals surface area contributed by atoms with Gasteiger partial charge in [-0.05, 0) is 13.0 Å². The first-order valence-corrected chi connectivity index (χ1v) is 6.16. The summed E-state index contributed by atoms with van der Waals surface area (Å²) < 4.78 is 0. The van der Waals surface area contributed by atoms with Crippen molar-refractivity contribution in [3.05, 3.63) is 38.9 Å². The van der Waals surface area contributed by atoms with Crippen molar-refractivity contribution in [3.8, 4) is 6.07 Å². The molecule has 17 heavy (non-hydrogen) atoms. The maximum atomic E-state index is 8.83. The van der Waals surface area contributed by atoms with Gasteiger partial charge in [-0.25, -0.2) is 9.97 Å². The number of hydrogen-bond donors (Lipinski definition) is 1. The van der Waals surface area contributed by atoms with Crippen molar-refractivity contribution in [3.63, 3.8) is 0 Å². The molecule has 0 saturated carbocycles. The summed E-state index contributed by atoms with van der Waals surface area (Å²) in [6.07, 6.45) is 1.55. The van der Waals surface area contributed by atoms with Crippen molar-refractivity contribution in [2.45, 2.75) is 13.5 Å². The Labute approximate surface area is 108 Å². The lowest BCUT2D eigenvalue weighted by molar-refractivity contribution is 1.04. The lowest BCUT2D eigenvalue weighted by atomic mass is 10.3. The maximum Gasteiger partial charge on any atom is 0.146 e. The van der Waals surface area contributed by atoms with E-state index < -0.39 is 0 Å². The summed E-state index contributed by atoms with van der Waals surface area (Å²) in [5, 5.41) is 15.2. The molecule has 0 bridgehead atoms. The molecule has 86 valence electrons. The molecular weight excluding hydrogens is 256 g/mol. The van der Waals surface area contributed by atoms with Gasteiger partial charge in [0, 0.05) is 11.6 Å². The first kappa shape index (κ1) is 11.8. The molecule has 0 aliphatic heterocycles. The third-order valence-corrected chi connectivity index (χ3v) is 3.32. The Balaban J connectivity index is 2.12. The summed E-state index contributed by atoms with van der Waals surface area (Å²) in [5.74, 6) is 0.511. The molecular formula is C11H9ClN4S. The lowest BCUT2D eigenvalue weighted by Gasteiger charge is -2.06. The van der Waals surface area contributed by atoms with Crippen LogP contribution in [0.25, 0.3) is 0 Å². The van der Waals surface area contributed by atoms with Gasteiger partial charge in [-0.15, -0.1) is 11.3 Å². The van der Waals surface area contributed by atoms with Gasteiger partial charge in [0.25, 0.3) is 0 Å². The van der Waals surface area contributed by atoms with Crippen LogP contribution >= 0.6 is 22.9 Å². The average molecular weight is 265 g/mol. The number of nitriles is 1. The second-order valence-corrected chi connectivity index (χ2v) is 4.78. The highest BCUT2D eigenvalue weighted by atomic mass is 35.5. The molecule has 0 fully saturated rings. The second kappa shape index (κ2) is 5.13. The van der Waals surface area contributed by atoms with Crippen LogP contribution in [0.5, 0.6) is 0 Å². The molecule has 2 rings (SSSR count). The Morgan fingerprint density at radius 1 is 1.59 bits per heavy atom. The molecule has 0 saturated heterocycles. The fourth-order valence-electron chi connectivity index (χ4n) is 1.32. The number of rotatable bonds is 3. The van der Waals surface area contributed by atoms with Crippen molar-refractivity contribution >= 4 is 28.8 Å². The number of aryl methyl sites for hydroxylation is 1. The molecule has 0 spiro atoms. The first-order chi connectivity index (χ1) is 8.20. The second-order valence-electron chi connectivity index (χ2n) is 3.34. The standard InChI is InChI=1S/C11H9ClN4S/c1-7-16-9(6-17-7)5-15-11-10(12)8(4-13)2-3-14-11/h2-3,6H,5H2,1H3,(H,14,15). The van der Waals surface area contributed by atoms with Gasteiger partial charge < -0.3 is 5.32 Å². The molecule has 2 aromatic heterocycles. The fourth-order valence-corrected chi connectivity index (χ4v) is 2.15. The largest absolute Gasteiger partial charge is 0.363 e. The Bertz CT molecular complexity index is 573. The molecule has 0 radical (unpaired) electrons. The molecule has 2 aromatic rings. The van der Waals surface area contributed by atoms with Crippen LogP contribution in [0, 0.1) is 18.3 Å². The van der Waals surface area contributed by atoms with Crippen molar-refractivity contribution < 1.29 is 0 Å². The molecule has 0 aromatic carbocycles. The predicted octanol–water partition coefficient (Wildman–Crippen LogP) is 2.98. The molecule has 0 atom stereocenters. The Kier molecular flexibility index (Phi) is 3.57. The minimum Gasteiger partial charge on any atom is -0.363 e. The molecule has 2 heterocycles.